The molecule has 0 aliphatic rings. The lowest BCUT2D eigenvalue weighted by Gasteiger charge is -2.13. The molecule has 0 radical (unpaired) electrons. The second-order valence-electron chi connectivity index (χ2n) is 3.37. The van der Waals surface area contributed by atoms with Gasteiger partial charge in [0.15, 0.2) is 0 Å². The predicted octanol–water partition coefficient (Wildman–Crippen LogP) is 2.53. The molecule has 1 atom stereocenters. The van der Waals surface area contributed by atoms with E-state index in [1.54, 1.807) is 13.2 Å². The van der Waals surface area contributed by atoms with Crippen LogP contribution in [0.5, 0.6) is 5.75 Å². The highest BCUT2D eigenvalue weighted by molar-refractivity contribution is 5.78. The molecule has 16 heavy (non-hydrogen) atoms. The lowest BCUT2D eigenvalue weighted by atomic mass is 9.96. The van der Waals surface area contributed by atoms with Gasteiger partial charge in [0.1, 0.15) is 5.75 Å². The van der Waals surface area contributed by atoms with Gasteiger partial charge < -0.3 is 9.47 Å². The molecule has 1 aromatic rings. The molecule has 0 amide bonds. The van der Waals surface area contributed by atoms with Gasteiger partial charge in [0, 0.05) is 0 Å². The minimum atomic E-state index is -0.284. The van der Waals surface area contributed by atoms with Gasteiger partial charge in [0.2, 0.25) is 0 Å². The number of hydrogen-bond acceptors (Lipinski definition) is 3. The molecular formula is C13H16O3. The van der Waals surface area contributed by atoms with Crippen molar-refractivity contribution in [2.24, 2.45) is 0 Å². The van der Waals surface area contributed by atoms with Gasteiger partial charge in [-0.25, -0.2) is 0 Å². The number of carbonyl (C=O) groups excluding carboxylic acids is 1. The average molecular weight is 220 g/mol. The Morgan fingerprint density at radius 1 is 1.38 bits per heavy atom. The minimum Gasteiger partial charge on any atom is -0.497 e. The first kappa shape index (κ1) is 12.3. The van der Waals surface area contributed by atoms with Crippen molar-refractivity contribution in [3.63, 3.8) is 0 Å². The molecule has 1 rings (SSSR count). The predicted molar refractivity (Wildman–Crippen MR) is 62.6 cm³/mol. The van der Waals surface area contributed by atoms with Crippen molar-refractivity contribution >= 4 is 5.97 Å². The highest BCUT2D eigenvalue weighted by Crippen LogP contribution is 2.23. The van der Waals surface area contributed by atoms with Gasteiger partial charge >= 0.3 is 5.97 Å². The number of ether oxygens (including phenoxy) is 2. The van der Waals surface area contributed by atoms with Crippen LogP contribution in [0.25, 0.3) is 0 Å². The van der Waals surface area contributed by atoms with Crippen LogP contribution in [-0.2, 0) is 9.53 Å². The van der Waals surface area contributed by atoms with Crippen LogP contribution in [0.15, 0.2) is 36.9 Å². The standard InChI is InChI=1S/C13H16O3/c1-4-5-12(13(14)16-3)10-6-8-11(15-2)9-7-10/h4,6-9,12H,1,5H2,2-3H3/t12-/m1/s1. The third-order valence-electron chi connectivity index (χ3n) is 2.41. The fraction of sp³-hybridized carbons (Fsp3) is 0.308. The highest BCUT2D eigenvalue weighted by Gasteiger charge is 2.19. The molecule has 3 heteroatoms. The molecule has 0 saturated heterocycles. The maximum Gasteiger partial charge on any atom is 0.313 e. The van der Waals surface area contributed by atoms with Crippen molar-refractivity contribution in [2.45, 2.75) is 12.3 Å². The highest BCUT2D eigenvalue weighted by atomic mass is 16.5. The van der Waals surface area contributed by atoms with E-state index < -0.39 is 0 Å². The number of methoxy groups -OCH3 is 2. The first-order valence-corrected chi connectivity index (χ1v) is 5.05. The summed E-state index contributed by atoms with van der Waals surface area (Å²) in [6.07, 6.45) is 2.28. The average Bonchev–Trinajstić information content (AvgIpc) is 2.35. The first-order chi connectivity index (χ1) is 7.72. The molecule has 3 nitrogen and oxygen atoms in total. The third kappa shape index (κ3) is 2.86. The summed E-state index contributed by atoms with van der Waals surface area (Å²) in [4.78, 5) is 11.6. The summed E-state index contributed by atoms with van der Waals surface area (Å²) in [5.41, 5.74) is 0.910. The summed E-state index contributed by atoms with van der Waals surface area (Å²) < 4.78 is 9.82. The van der Waals surface area contributed by atoms with Crippen molar-refractivity contribution in [3.05, 3.63) is 42.5 Å². The van der Waals surface area contributed by atoms with Crippen molar-refractivity contribution in [3.8, 4) is 5.75 Å². The van der Waals surface area contributed by atoms with E-state index in [2.05, 4.69) is 6.58 Å². The molecule has 0 aromatic heterocycles. The molecule has 0 saturated carbocycles. The van der Waals surface area contributed by atoms with Crippen molar-refractivity contribution < 1.29 is 14.3 Å². The number of esters is 1. The van der Waals surface area contributed by atoms with Crippen molar-refractivity contribution in [2.75, 3.05) is 14.2 Å². The van der Waals surface area contributed by atoms with Crippen molar-refractivity contribution in [1.82, 2.24) is 0 Å². The van der Waals surface area contributed by atoms with Gasteiger partial charge in [-0.2, -0.15) is 0 Å². The number of rotatable bonds is 5. The van der Waals surface area contributed by atoms with Gasteiger partial charge in [-0.3, -0.25) is 4.79 Å². The van der Waals surface area contributed by atoms with Crippen LogP contribution >= 0.6 is 0 Å². The van der Waals surface area contributed by atoms with Crippen LogP contribution in [0.1, 0.15) is 17.9 Å². The number of hydrogen-bond donors (Lipinski definition) is 0. The molecule has 86 valence electrons. The van der Waals surface area contributed by atoms with Crippen molar-refractivity contribution in [1.29, 1.82) is 0 Å². The Labute approximate surface area is 95.7 Å². The quantitative estimate of drug-likeness (QED) is 0.565. The van der Waals surface area contributed by atoms with E-state index in [0.717, 1.165) is 11.3 Å². The molecule has 0 unspecified atom stereocenters. The van der Waals surface area contributed by atoms with Gasteiger partial charge in [-0.05, 0) is 24.1 Å². The van der Waals surface area contributed by atoms with E-state index in [4.69, 9.17) is 9.47 Å². The van der Waals surface area contributed by atoms with Crippen LogP contribution in [-0.4, -0.2) is 20.2 Å². The smallest absolute Gasteiger partial charge is 0.313 e. The Balaban J connectivity index is 2.91. The molecular weight excluding hydrogens is 204 g/mol. The zero-order valence-electron chi connectivity index (χ0n) is 9.60. The fourth-order valence-corrected chi connectivity index (χ4v) is 1.51. The monoisotopic (exact) mass is 220 g/mol. The van der Waals surface area contributed by atoms with Crippen LogP contribution in [0.4, 0.5) is 0 Å². The first-order valence-electron chi connectivity index (χ1n) is 5.05. The summed E-state index contributed by atoms with van der Waals surface area (Å²) in [5.74, 6) is 0.240. The van der Waals surface area contributed by atoms with E-state index >= 15 is 0 Å². The van der Waals surface area contributed by atoms with Crippen LogP contribution in [0.2, 0.25) is 0 Å². The van der Waals surface area contributed by atoms with E-state index in [0.29, 0.717) is 6.42 Å². The van der Waals surface area contributed by atoms with Gasteiger partial charge in [0.05, 0.1) is 20.1 Å². The molecule has 0 heterocycles. The topological polar surface area (TPSA) is 35.5 Å². The SMILES string of the molecule is C=CC[C@@H](C(=O)OC)c1ccc(OC)cc1. The largest absolute Gasteiger partial charge is 0.497 e. The molecule has 0 aliphatic carbocycles. The molecule has 0 fully saturated rings. The van der Waals surface area contributed by atoms with Crippen LogP contribution in [0, 0.1) is 0 Å². The molecule has 0 spiro atoms. The number of allylic oxidation sites excluding steroid dienone is 1. The zero-order valence-corrected chi connectivity index (χ0v) is 9.60. The lowest BCUT2D eigenvalue weighted by molar-refractivity contribution is -0.142. The number of carbonyl (C=O) groups is 1. The van der Waals surface area contributed by atoms with Gasteiger partial charge in [-0.15, -0.1) is 6.58 Å². The van der Waals surface area contributed by atoms with E-state index in [9.17, 15) is 4.79 Å². The summed E-state index contributed by atoms with van der Waals surface area (Å²) in [6, 6.07) is 7.39. The molecule has 0 N–H and O–H groups in total. The Morgan fingerprint density at radius 3 is 2.44 bits per heavy atom. The molecule has 1 aromatic carbocycles. The van der Waals surface area contributed by atoms with E-state index in [1.807, 2.05) is 24.3 Å². The van der Waals surface area contributed by atoms with Crippen LogP contribution in [0.3, 0.4) is 0 Å². The van der Waals surface area contributed by atoms with E-state index in [-0.39, 0.29) is 11.9 Å². The number of benzene rings is 1. The summed E-state index contributed by atoms with van der Waals surface area (Å²) >= 11 is 0. The molecule has 0 bridgehead atoms. The van der Waals surface area contributed by atoms with Crippen LogP contribution < -0.4 is 4.74 Å². The third-order valence-corrected chi connectivity index (χ3v) is 2.41. The van der Waals surface area contributed by atoms with Gasteiger partial charge in [0.25, 0.3) is 0 Å². The lowest BCUT2D eigenvalue weighted by Crippen LogP contribution is -2.13. The maximum atomic E-state index is 11.6. The Kier molecular flexibility index (Phi) is 4.58. The normalized spacial score (nSPS) is 11.6. The minimum absolute atomic E-state index is 0.245. The second-order valence-corrected chi connectivity index (χ2v) is 3.37. The summed E-state index contributed by atoms with van der Waals surface area (Å²) in [6.45, 7) is 3.64. The Bertz CT molecular complexity index is 354. The van der Waals surface area contributed by atoms with Gasteiger partial charge in [-0.1, -0.05) is 18.2 Å². The Morgan fingerprint density at radius 2 is 2.00 bits per heavy atom. The second kappa shape index (κ2) is 5.95. The van der Waals surface area contributed by atoms with E-state index in [1.165, 1.54) is 7.11 Å². The fourth-order valence-electron chi connectivity index (χ4n) is 1.51. The molecule has 0 aliphatic heterocycles. The summed E-state index contributed by atoms with van der Waals surface area (Å²) in [5, 5.41) is 0. The maximum absolute atomic E-state index is 11.6. The zero-order chi connectivity index (χ0) is 12.0. The summed E-state index contributed by atoms with van der Waals surface area (Å²) in [7, 11) is 3.00. The Hall–Kier alpha value is -1.77.